The summed E-state index contributed by atoms with van der Waals surface area (Å²) in [7, 11) is 0. The zero-order chi connectivity index (χ0) is 34.3. The Balaban J connectivity index is 0.000000626. The van der Waals surface area contributed by atoms with Crippen LogP contribution in [0.25, 0.3) is 23.3 Å². The zero-order valence-electron chi connectivity index (χ0n) is 30.0. The van der Waals surface area contributed by atoms with Crippen LogP contribution in [-0.4, -0.2) is 4.21 Å². The van der Waals surface area contributed by atoms with Crippen LogP contribution >= 0.6 is 24.8 Å². The topological polar surface area (TPSA) is 0 Å². The standard InChI is InChI=1S/C17H13.2C10H13.C7H9.CH2.2ClH.Zr/c1-3-12-5-7-14-11-15-8-6-13(4-2)10-17(15)16(14)9-12;2*1-10(2,3)9-7-5-4-6-8-9;1-6-3-4-7(2)5-6;;;;/h3-7,9-10H,1-2,11H2;2*5-8H,1-3H3;3,5,7H,1-2H3;1H2;2*1H;/q4*-1;;;;. The Hall–Kier alpha value is -2.83. The van der Waals surface area contributed by atoms with Gasteiger partial charge in [0.2, 0.25) is 0 Å². The summed E-state index contributed by atoms with van der Waals surface area (Å²) in [5.74, 6) is 0.556. The van der Waals surface area contributed by atoms with E-state index in [4.69, 9.17) is 0 Å². The van der Waals surface area contributed by atoms with Crippen LogP contribution in [0.1, 0.15) is 88.8 Å². The number of hydrogen-bond donors (Lipinski definition) is 0. The van der Waals surface area contributed by atoms with E-state index in [9.17, 15) is 0 Å². The van der Waals surface area contributed by atoms with E-state index in [1.807, 2.05) is 48.6 Å². The third-order valence-electron chi connectivity index (χ3n) is 7.57. The van der Waals surface area contributed by atoms with E-state index in [2.05, 4.69) is 152 Å². The zero-order valence-corrected chi connectivity index (χ0v) is 34.1. The summed E-state index contributed by atoms with van der Waals surface area (Å²) in [6, 6.07) is 36.4. The van der Waals surface area contributed by atoms with Gasteiger partial charge < -0.3 is 0 Å². The molecule has 0 fully saturated rings. The third-order valence-corrected chi connectivity index (χ3v) is 7.57. The summed E-state index contributed by atoms with van der Waals surface area (Å²) < 4.78 is 3.34. The molecule has 0 bridgehead atoms. The maximum absolute atomic E-state index is 3.82. The summed E-state index contributed by atoms with van der Waals surface area (Å²) in [6.07, 6.45) is 12.1. The first-order valence-electron chi connectivity index (χ1n) is 15.8. The first kappa shape index (κ1) is 45.2. The SMILES string of the molecule is C=Cc1c[c-]c2c(c1)-c1cc(C=C)ccc1C2.CC(C)(C)c1cc[c-]cc1.CC(C)(C)c1cc[c-]cc1.CC1=CC(C)[C-]=C1.Cl.Cl.[CH2]=[Zr]. The van der Waals surface area contributed by atoms with Crippen molar-refractivity contribution in [3.05, 3.63) is 167 Å². The van der Waals surface area contributed by atoms with Crippen LogP contribution in [0.4, 0.5) is 0 Å². The van der Waals surface area contributed by atoms with Crippen LogP contribution in [0.15, 0.2) is 110 Å². The van der Waals surface area contributed by atoms with Gasteiger partial charge in [0, 0.05) is 0 Å². The van der Waals surface area contributed by atoms with Crippen molar-refractivity contribution in [2.75, 3.05) is 0 Å². The molecule has 0 saturated carbocycles. The second-order valence-electron chi connectivity index (χ2n) is 13.4. The van der Waals surface area contributed by atoms with Crippen molar-refractivity contribution in [3.8, 4) is 11.1 Å². The van der Waals surface area contributed by atoms with E-state index >= 15 is 0 Å². The van der Waals surface area contributed by atoms with E-state index in [-0.39, 0.29) is 35.6 Å². The first-order valence-corrected chi connectivity index (χ1v) is 17.5. The molecule has 0 amide bonds. The predicted molar refractivity (Wildman–Crippen MR) is 214 cm³/mol. The molecule has 0 radical (unpaired) electrons. The van der Waals surface area contributed by atoms with Crippen molar-refractivity contribution in [1.82, 2.24) is 0 Å². The molecule has 48 heavy (non-hydrogen) atoms. The molecule has 4 aromatic rings. The molecule has 0 aromatic heterocycles. The Kier molecular flexibility index (Phi) is 20.7. The number of fused-ring (bicyclic) bond motifs is 3. The molecule has 6 rings (SSSR count). The Morgan fingerprint density at radius 3 is 1.56 bits per heavy atom. The number of rotatable bonds is 2. The Morgan fingerprint density at radius 2 is 1.21 bits per heavy atom. The molecule has 0 N–H and O–H groups in total. The van der Waals surface area contributed by atoms with Crippen molar-refractivity contribution >= 4 is 41.2 Å². The fourth-order valence-electron chi connectivity index (χ4n) is 4.89. The quantitative estimate of drug-likeness (QED) is 0.157. The summed E-state index contributed by atoms with van der Waals surface area (Å²) in [5.41, 5.74) is 12.2. The van der Waals surface area contributed by atoms with Crippen molar-refractivity contribution in [2.24, 2.45) is 5.92 Å². The van der Waals surface area contributed by atoms with E-state index in [0.29, 0.717) is 5.92 Å². The normalized spacial score (nSPS) is 13.1. The van der Waals surface area contributed by atoms with E-state index in [1.54, 1.807) is 0 Å². The Bertz CT molecular complexity index is 1500. The van der Waals surface area contributed by atoms with Gasteiger partial charge in [-0.25, -0.2) is 11.6 Å². The number of benzene rings is 4. The first-order chi connectivity index (χ1) is 21.8. The van der Waals surface area contributed by atoms with Gasteiger partial charge in [-0.15, -0.1) is 55.5 Å². The average molecular weight is 755 g/mol. The van der Waals surface area contributed by atoms with Gasteiger partial charge >= 0.3 is 28.4 Å². The second kappa shape index (κ2) is 22.0. The molecule has 0 aliphatic heterocycles. The van der Waals surface area contributed by atoms with Gasteiger partial charge in [0.05, 0.1) is 0 Å². The molecule has 1 atom stereocenters. The van der Waals surface area contributed by atoms with Crippen molar-refractivity contribution in [2.45, 2.75) is 72.6 Å². The molecule has 0 nitrogen and oxygen atoms in total. The summed E-state index contributed by atoms with van der Waals surface area (Å²) in [5, 5.41) is 0. The molecular formula is C45H52Cl2Zr-4. The molecule has 0 spiro atoms. The van der Waals surface area contributed by atoms with Crippen LogP contribution < -0.4 is 0 Å². The molecule has 2 aliphatic carbocycles. The maximum atomic E-state index is 3.82. The fourth-order valence-corrected chi connectivity index (χ4v) is 4.89. The van der Waals surface area contributed by atoms with Crippen LogP contribution in [0.2, 0.25) is 0 Å². The van der Waals surface area contributed by atoms with Gasteiger partial charge in [-0.05, 0) is 22.8 Å². The average Bonchev–Trinajstić information content (AvgIpc) is 3.63. The molecule has 3 heteroatoms. The van der Waals surface area contributed by atoms with E-state index in [0.717, 1.165) is 12.0 Å². The predicted octanol–water partition coefficient (Wildman–Crippen LogP) is 12.7. The van der Waals surface area contributed by atoms with E-state index in [1.165, 1.54) is 68.8 Å². The summed E-state index contributed by atoms with van der Waals surface area (Å²) >= 11 is 1.30. The van der Waals surface area contributed by atoms with Gasteiger partial charge in [-0.2, -0.15) is 102 Å². The fraction of sp³-hybridized carbons (Fsp3) is 0.267. The molecule has 254 valence electrons. The van der Waals surface area contributed by atoms with E-state index < -0.39 is 0 Å². The Morgan fingerprint density at radius 1 is 0.729 bits per heavy atom. The minimum absolute atomic E-state index is 0. The van der Waals surface area contributed by atoms with Crippen LogP contribution in [0.3, 0.4) is 0 Å². The molecule has 2 aliphatic rings. The van der Waals surface area contributed by atoms with Crippen LogP contribution in [0.5, 0.6) is 0 Å². The van der Waals surface area contributed by atoms with Crippen LogP contribution in [0, 0.1) is 30.2 Å². The van der Waals surface area contributed by atoms with Gasteiger partial charge in [-0.3, -0.25) is 6.08 Å². The molecule has 0 heterocycles. The van der Waals surface area contributed by atoms with Crippen molar-refractivity contribution < 1.29 is 24.2 Å². The van der Waals surface area contributed by atoms with Crippen LogP contribution in [-0.2, 0) is 41.5 Å². The summed E-state index contributed by atoms with van der Waals surface area (Å²) in [6.45, 7) is 25.1. The Labute approximate surface area is 320 Å². The number of hydrogen-bond acceptors (Lipinski definition) is 0. The van der Waals surface area contributed by atoms with Gasteiger partial charge in [-0.1, -0.05) is 96.4 Å². The minimum atomic E-state index is 0. The van der Waals surface area contributed by atoms with Gasteiger partial charge in [0.25, 0.3) is 0 Å². The van der Waals surface area contributed by atoms with Crippen molar-refractivity contribution in [1.29, 1.82) is 0 Å². The third kappa shape index (κ3) is 14.7. The van der Waals surface area contributed by atoms with Gasteiger partial charge in [0.15, 0.2) is 0 Å². The molecule has 4 aromatic carbocycles. The molecular weight excluding hydrogens is 703 g/mol. The summed E-state index contributed by atoms with van der Waals surface area (Å²) in [4.78, 5) is 0. The molecule has 0 saturated heterocycles. The van der Waals surface area contributed by atoms with Gasteiger partial charge in [0.1, 0.15) is 0 Å². The number of allylic oxidation sites excluding steroid dienone is 4. The number of halogens is 2. The van der Waals surface area contributed by atoms with Crippen molar-refractivity contribution in [3.63, 3.8) is 0 Å². The second-order valence-corrected chi connectivity index (χ2v) is 13.4. The monoisotopic (exact) mass is 752 g/mol. The molecule has 1 unspecified atom stereocenters.